The van der Waals surface area contributed by atoms with Gasteiger partial charge in [0.15, 0.2) is 0 Å². The summed E-state index contributed by atoms with van der Waals surface area (Å²) in [6, 6.07) is 4.47. The van der Waals surface area contributed by atoms with Crippen molar-refractivity contribution in [1.82, 2.24) is 5.32 Å². The van der Waals surface area contributed by atoms with Crippen LogP contribution in [0.5, 0.6) is 0 Å². The van der Waals surface area contributed by atoms with Crippen molar-refractivity contribution in [2.45, 2.75) is 25.8 Å². The van der Waals surface area contributed by atoms with Crippen molar-refractivity contribution in [2.24, 2.45) is 5.92 Å². The normalized spacial score (nSPS) is 14.2. The topological polar surface area (TPSA) is 49.3 Å². The van der Waals surface area contributed by atoms with Crippen LogP contribution in [0.1, 0.15) is 30.4 Å². The molecule has 4 heteroatoms. The molecule has 0 bridgehead atoms. The Kier molecular flexibility index (Phi) is 4.53. The van der Waals surface area contributed by atoms with Gasteiger partial charge in [0.25, 0.3) is 0 Å². The second-order valence-corrected chi connectivity index (χ2v) is 4.61. The second kappa shape index (κ2) is 6.35. The van der Waals surface area contributed by atoms with E-state index in [4.69, 9.17) is 5.11 Å². The monoisotopic (exact) mass is 261 g/mol. The number of rotatable bonds is 3. The highest BCUT2D eigenvalue weighted by Gasteiger charge is 2.24. The van der Waals surface area contributed by atoms with Gasteiger partial charge >= 0.3 is 0 Å². The molecule has 1 aromatic rings. The average Bonchev–Trinajstić information content (AvgIpc) is 2.34. The summed E-state index contributed by atoms with van der Waals surface area (Å²) in [5, 5.41) is 11.4. The molecule has 0 spiro atoms. The maximum absolute atomic E-state index is 13.6. The molecule has 1 aliphatic rings. The first-order valence-corrected chi connectivity index (χ1v) is 6.36. The molecule has 0 saturated heterocycles. The zero-order chi connectivity index (χ0) is 13.7. The minimum atomic E-state index is -0.358. The summed E-state index contributed by atoms with van der Waals surface area (Å²) in [5.74, 6) is 4.96. The molecule has 0 aliphatic heterocycles. The van der Waals surface area contributed by atoms with Crippen molar-refractivity contribution in [3.63, 3.8) is 0 Å². The van der Waals surface area contributed by atoms with Crippen LogP contribution in [-0.2, 0) is 11.3 Å². The highest BCUT2D eigenvalue weighted by molar-refractivity contribution is 5.79. The Morgan fingerprint density at radius 3 is 2.89 bits per heavy atom. The summed E-state index contributed by atoms with van der Waals surface area (Å²) in [4.78, 5) is 11.7. The first kappa shape index (κ1) is 13.6. The standard InChI is InChI=1S/C15H16FNO2/c16-14-7-6-11(3-2-8-18)9-13(14)10-17-15(19)12-4-1-5-12/h6-7,9,12,18H,1,4-5,8,10H2,(H,17,19). The smallest absolute Gasteiger partial charge is 0.223 e. The molecule has 1 aromatic carbocycles. The molecule has 1 aliphatic carbocycles. The van der Waals surface area contributed by atoms with Gasteiger partial charge in [-0.1, -0.05) is 18.3 Å². The molecule has 0 atom stereocenters. The van der Waals surface area contributed by atoms with Gasteiger partial charge in [-0.15, -0.1) is 0 Å². The zero-order valence-electron chi connectivity index (χ0n) is 10.6. The van der Waals surface area contributed by atoms with Gasteiger partial charge in [0, 0.05) is 23.6 Å². The van der Waals surface area contributed by atoms with E-state index in [2.05, 4.69) is 17.2 Å². The Hall–Kier alpha value is -1.86. The number of hydrogen-bond donors (Lipinski definition) is 2. The first-order chi connectivity index (χ1) is 9.20. The zero-order valence-corrected chi connectivity index (χ0v) is 10.6. The van der Waals surface area contributed by atoms with Gasteiger partial charge in [-0.05, 0) is 31.0 Å². The summed E-state index contributed by atoms with van der Waals surface area (Å²) >= 11 is 0. The molecule has 19 heavy (non-hydrogen) atoms. The molecule has 3 nitrogen and oxygen atoms in total. The Balaban J connectivity index is 2.00. The highest BCUT2D eigenvalue weighted by Crippen LogP contribution is 2.26. The van der Waals surface area contributed by atoms with Crippen LogP contribution in [0.25, 0.3) is 0 Å². The van der Waals surface area contributed by atoms with E-state index < -0.39 is 0 Å². The highest BCUT2D eigenvalue weighted by atomic mass is 19.1. The quantitative estimate of drug-likeness (QED) is 0.812. The lowest BCUT2D eigenvalue weighted by molar-refractivity contribution is -0.127. The van der Waals surface area contributed by atoms with Crippen LogP contribution in [0.15, 0.2) is 18.2 Å². The van der Waals surface area contributed by atoms with Crippen LogP contribution in [0.3, 0.4) is 0 Å². The Morgan fingerprint density at radius 2 is 2.26 bits per heavy atom. The minimum Gasteiger partial charge on any atom is -0.384 e. The number of aliphatic hydroxyl groups excluding tert-OH is 1. The first-order valence-electron chi connectivity index (χ1n) is 6.36. The molecule has 1 fully saturated rings. The van der Waals surface area contributed by atoms with E-state index in [-0.39, 0.29) is 30.8 Å². The van der Waals surface area contributed by atoms with E-state index >= 15 is 0 Å². The van der Waals surface area contributed by atoms with Gasteiger partial charge in [-0.25, -0.2) is 4.39 Å². The number of nitrogens with one attached hydrogen (secondary N) is 1. The van der Waals surface area contributed by atoms with E-state index in [0.29, 0.717) is 11.1 Å². The molecule has 0 aromatic heterocycles. The third kappa shape index (κ3) is 3.55. The third-order valence-corrected chi connectivity index (χ3v) is 3.29. The van der Waals surface area contributed by atoms with E-state index in [1.54, 1.807) is 12.1 Å². The van der Waals surface area contributed by atoms with Gasteiger partial charge in [-0.2, -0.15) is 0 Å². The molecule has 2 N–H and O–H groups in total. The van der Waals surface area contributed by atoms with Gasteiger partial charge < -0.3 is 10.4 Å². The van der Waals surface area contributed by atoms with Crippen molar-refractivity contribution >= 4 is 5.91 Å². The van der Waals surface area contributed by atoms with Crippen LogP contribution in [-0.4, -0.2) is 17.6 Å². The molecular weight excluding hydrogens is 245 g/mol. The predicted octanol–water partition coefficient (Wildman–Crippen LogP) is 1.59. The maximum atomic E-state index is 13.6. The number of carbonyl (C=O) groups is 1. The van der Waals surface area contributed by atoms with Gasteiger partial charge in [0.05, 0.1) is 0 Å². The molecule has 0 unspecified atom stereocenters. The lowest BCUT2D eigenvalue weighted by Gasteiger charge is -2.24. The molecule has 1 saturated carbocycles. The van der Waals surface area contributed by atoms with Crippen LogP contribution in [0.4, 0.5) is 4.39 Å². The Bertz CT molecular complexity index is 527. The van der Waals surface area contributed by atoms with Crippen LogP contribution in [0, 0.1) is 23.6 Å². The summed E-state index contributed by atoms with van der Waals surface area (Å²) < 4.78 is 13.6. The fourth-order valence-corrected chi connectivity index (χ4v) is 1.93. The second-order valence-electron chi connectivity index (χ2n) is 4.61. The molecule has 0 radical (unpaired) electrons. The fourth-order valence-electron chi connectivity index (χ4n) is 1.93. The van der Waals surface area contributed by atoms with Crippen molar-refractivity contribution in [1.29, 1.82) is 0 Å². The molecule has 100 valence electrons. The summed E-state index contributed by atoms with van der Waals surface area (Å²) in [6.45, 7) is -0.0546. The fraction of sp³-hybridized carbons (Fsp3) is 0.400. The molecule has 0 heterocycles. The largest absolute Gasteiger partial charge is 0.384 e. The Morgan fingerprint density at radius 1 is 1.47 bits per heavy atom. The SMILES string of the molecule is O=C(NCc1cc(C#CCO)ccc1F)C1CCC1. The van der Waals surface area contributed by atoms with Crippen molar-refractivity contribution < 1.29 is 14.3 Å². The number of halogens is 1. The lowest BCUT2D eigenvalue weighted by Crippen LogP contribution is -2.34. The van der Waals surface area contributed by atoms with Crippen molar-refractivity contribution in [3.05, 3.63) is 35.1 Å². The summed E-state index contributed by atoms with van der Waals surface area (Å²) in [7, 11) is 0. The number of benzene rings is 1. The number of aliphatic hydroxyl groups is 1. The predicted molar refractivity (Wildman–Crippen MR) is 69.6 cm³/mol. The maximum Gasteiger partial charge on any atom is 0.223 e. The van der Waals surface area contributed by atoms with Gasteiger partial charge in [0.2, 0.25) is 5.91 Å². The number of hydrogen-bond acceptors (Lipinski definition) is 2. The van der Waals surface area contributed by atoms with Crippen LogP contribution in [0.2, 0.25) is 0 Å². The number of amides is 1. The van der Waals surface area contributed by atoms with Crippen molar-refractivity contribution in [2.75, 3.05) is 6.61 Å². The lowest BCUT2D eigenvalue weighted by atomic mass is 9.85. The van der Waals surface area contributed by atoms with E-state index in [1.807, 2.05) is 0 Å². The third-order valence-electron chi connectivity index (χ3n) is 3.29. The minimum absolute atomic E-state index is 0.00232. The average molecular weight is 261 g/mol. The summed E-state index contributed by atoms with van der Waals surface area (Å²) in [5.41, 5.74) is 1.04. The van der Waals surface area contributed by atoms with Crippen molar-refractivity contribution in [3.8, 4) is 11.8 Å². The Labute approximate surface area is 111 Å². The number of carbonyl (C=O) groups excluding carboxylic acids is 1. The molecule has 2 rings (SSSR count). The van der Waals surface area contributed by atoms with Gasteiger partial charge in [-0.3, -0.25) is 4.79 Å². The van der Waals surface area contributed by atoms with Crippen LogP contribution < -0.4 is 5.32 Å². The van der Waals surface area contributed by atoms with Crippen LogP contribution >= 0.6 is 0 Å². The van der Waals surface area contributed by atoms with Gasteiger partial charge in [0.1, 0.15) is 12.4 Å². The van der Waals surface area contributed by atoms with E-state index in [9.17, 15) is 9.18 Å². The molecular formula is C15H16FNO2. The van der Waals surface area contributed by atoms with E-state index in [0.717, 1.165) is 19.3 Å². The molecule has 1 amide bonds. The summed E-state index contributed by atoms with van der Waals surface area (Å²) in [6.07, 6.45) is 2.95. The van der Waals surface area contributed by atoms with E-state index in [1.165, 1.54) is 6.07 Å².